The molecule has 0 aliphatic heterocycles. The largest absolute Gasteiger partial charge is 0.395 e. The monoisotopic (exact) mass is 317 g/mol. The van der Waals surface area contributed by atoms with E-state index >= 15 is 0 Å². The van der Waals surface area contributed by atoms with Crippen LogP contribution in [0.1, 0.15) is 26.3 Å². The van der Waals surface area contributed by atoms with Crippen molar-refractivity contribution >= 4 is 27.7 Å². The van der Waals surface area contributed by atoms with Crippen molar-refractivity contribution in [1.29, 1.82) is 0 Å². The average molecular weight is 318 g/mol. The molecule has 0 aliphatic rings. The van der Waals surface area contributed by atoms with E-state index in [4.69, 9.17) is 5.11 Å². The summed E-state index contributed by atoms with van der Waals surface area (Å²) in [6.07, 6.45) is 0. The first-order chi connectivity index (χ1) is 8.02. The van der Waals surface area contributed by atoms with Gasteiger partial charge < -0.3 is 10.4 Å². The molecule has 0 spiro atoms. The van der Waals surface area contributed by atoms with Crippen LogP contribution in [0.2, 0.25) is 0 Å². The summed E-state index contributed by atoms with van der Waals surface area (Å²) >= 11 is 5.28. The molecule has 1 rings (SSSR count). The predicted octanol–water partition coefficient (Wildman–Crippen LogP) is 3.42. The van der Waals surface area contributed by atoms with E-state index in [0.29, 0.717) is 6.04 Å². The highest BCUT2D eigenvalue weighted by atomic mass is 79.9. The first-order valence-corrected chi connectivity index (χ1v) is 7.49. The molecule has 96 valence electrons. The lowest BCUT2D eigenvalue weighted by atomic mass is 10.2. The Morgan fingerprint density at radius 2 is 2.06 bits per heavy atom. The van der Waals surface area contributed by atoms with Crippen molar-refractivity contribution in [3.05, 3.63) is 28.2 Å². The minimum Gasteiger partial charge on any atom is -0.395 e. The molecular weight excluding hydrogens is 298 g/mol. The summed E-state index contributed by atoms with van der Waals surface area (Å²) in [5.74, 6) is 0. The van der Waals surface area contributed by atoms with Crippen molar-refractivity contribution in [1.82, 2.24) is 5.32 Å². The van der Waals surface area contributed by atoms with E-state index in [-0.39, 0.29) is 11.9 Å². The van der Waals surface area contributed by atoms with Crippen LogP contribution < -0.4 is 5.32 Å². The van der Waals surface area contributed by atoms with Crippen LogP contribution in [-0.2, 0) is 6.54 Å². The molecule has 1 atom stereocenters. The summed E-state index contributed by atoms with van der Waals surface area (Å²) in [4.78, 5) is 1.19. The smallest absolute Gasteiger partial charge is 0.0550 e. The van der Waals surface area contributed by atoms with Crippen molar-refractivity contribution in [2.45, 2.75) is 43.5 Å². The first-order valence-electron chi connectivity index (χ1n) is 5.82. The Kier molecular flexibility index (Phi) is 6.55. The Bertz CT molecular complexity index is 357. The number of hydrogen-bond acceptors (Lipinski definition) is 3. The fraction of sp³-hybridized carbons (Fsp3) is 0.538. The standard InChI is InChI=1S/C13H20BrNOS/c1-9(2)15-7-11-4-5-12(6-13(11)14)17-10(3)8-16/h4-6,9-10,15-16H,7-8H2,1-3H3. The molecule has 0 aromatic heterocycles. The summed E-state index contributed by atoms with van der Waals surface area (Å²) in [7, 11) is 0. The lowest BCUT2D eigenvalue weighted by Crippen LogP contribution is -2.21. The summed E-state index contributed by atoms with van der Waals surface area (Å²) in [5.41, 5.74) is 1.26. The molecule has 0 radical (unpaired) electrons. The normalized spacial score (nSPS) is 13.1. The second-order valence-electron chi connectivity index (χ2n) is 4.40. The molecule has 0 amide bonds. The number of thioether (sulfide) groups is 1. The quantitative estimate of drug-likeness (QED) is 0.788. The average Bonchev–Trinajstić information content (AvgIpc) is 2.27. The van der Waals surface area contributed by atoms with Crippen molar-refractivity contribution in [3.63, 3.8) is 0 Å². The van der Waals surface area contributed by atoms with Crippen LogP contribution in [0.15, 0.2) is 27.6 Å². The second kappa shape index (κ2) is 7.41. The molecular formula is C13H20BrNOS. The maximum atomic E-state index is 9.02. The SMILES string of the molecule is CC(C)NCc1ccc(SC(C)CO)cc1Br. The number of rotatable bonds is 6. The lowest BCUT2D eigenvalue weighted by molar-refractivity contribution is 0.300. The Hall–Kier alpha value is -0.0300. The fourth-order valence-electron chi connectivity index (χ4n) is 1.33. The molecule has 1 unspecified atom stereocenters. The number of aliphatic hydroxyl groups excluding tert-OH is 1. The highest BCUT2D eigenvalue weighted by Crippen LogP contribution is 2.28. The summed E-state index contributed by atoms with van der Waals surface area (Å²) < 4.78 is 1.13. The van der Waals surface area contributed by atoms with Crippen LogP contribution in [0, 0.1) is 0 Å². The third-order valence-electron chi connectivity index (χ3n) is 2.32. The van der Waals surface area contributed by atoms with Crippen molar-refractivity contribution in [2.24, 2.45) is 0 Å². The van der Waals surface area contributed by atoms with Crippen LogP contribution >= 0.6 is 27.7 Å². The van der Waals surface area contributed by atoms with Gasteiger partial charge >= 0.3 is 0 Å². The summed E-state index contributed by atoms with van der Waals surface area (Å²) in [5, 5.41) is 12.7. The van der Waals surface area contributed by atoms with Crippen LogP contribution in [0.3, 0.4) is 0 Å². The zero-order valence-corrected chi connectivity index (χ0v) is 12.9. The molecule has 0 heterocycles. The second-order valence-corrected chi connectivity index (χ2v) is 6.77. The highest BCUT2D eigenvalue weighted by Gasteiger charge is 2.06. The van der Waals surface area contributed by atoms with E-state index in [1.54, 1.807) is 11.8 Å². The molecule has 2 N–H and O–H groups in total. The molecule has 17 heavy (non-hydrogen) atoms. The summed E-state index contributed by atoms with van der Waals surface area (Å²) in [6.45, 7) is 7.38. The maximum Gasteiger partial charge on any atom is 0.0550 e. The topological polar surface area (TPSA) is 32.3 Å². The molecule has 1 aromatic rings. The molecule has 0 saturated carbocycles. The van der Waals surface area contributed by atoms with Gasteiger partial charge in [0.1, 0.15) is 0 Å². The number of nitrogens with one attached hydrogen (secondary N) is 1. The van der Waals surface area contributed by atoms with Gasteiger partial charge in [-0.2, -0.15) is 0 Å². The molecule has 0 fully saturated rings. The zero-order valence-electron chi connectivity index (χ0n) is 10.5. The maximum absolute atomic E-state index is 9.02. The van der Waals surface area contributed by atoms with Crippen LogP contribution in [0.25, 0.3) is 0 Å². The van der Waals surface area contributed by atoms with Gasteiger partial charge in [-0.25, -0.2) is 0 Å². The van der Waals surface area contributed by atoms with E-state index in [1.807, 2.05) is 6.92 Å². The van der Waals surface area contributed by atoms with Gasteiger partial charge in [-0.1, -0.05) is 42.8 Å². The first kappa shape index (κ1) is 15.0. The Labute approximate surface area is 116 Å². The van der Waals surface area contributed by atoms with E-state index in [1.165, 1.54) is 10.5 Å². The lowest BCUT2D eigenvalue weighted by Gasteiger charge is -2.12. The molecule has 0 aliphatic carbocycles. The van der Waals surface area contributed by atoms with Gasteiger partial charge in [0.05, 0.1) is 6.61 Å². The van der Waals surface area contributed by atoms with Crippen LogP contribution in [0.4, 0.5) is 0 Å². The molecule has 1 aromatic carbocycles. The molecule has 0 bridgehead atoms. The van der Waals surface area contributed by atoms with Crippen LogP contribution in [-0.4, -0.2) is 23.0 Å². The van der Waals surface area contributed by atoms with Gasteiger partial charge in [-0.05, 0) is 17.7 Å². The van der Waals surface area contributed by atoms with Crippen LogP contribution in [0.5, 0.6) is 0 Å². The number of hydrogen-bond donors (Lipinski definition) is 2. The van der Waals surface area contributed by atoms with E-state index in [9.17, 15) is 0 Å². The molecule has 0 saturated heterocycles. The predicted molar refractivity (Wildman–Crippen MR) is 78.5 cm³/mol. The van der Waals surface area contributed by atoms with Crippen molar-refractivity contribution in [2.75, 3.05) is 6.61 Å². The van der Waals surface area contributed by atoms with Gasteiger partial charge in [-0.15, -0.1) is 11.8 Å². The number of halogens is 1. The number of benzene rings is 1. The zero-order chi connectivity index (χ0) is 12.8. The Morgan fingerprint density at radius 3 is 2.59 bits per heavy atom. The highest BCUT2D eigenvalue weighted by molar-refractivity contribution is 9.10. The van der Waals surface area contributed by atoms with E-state index in [0.717, 1.165) is 11.0 Å². The van der Waals surface area contributed by atoms with Gasteiger partial charge in [0.2, 0.25) is 0 Å². The Balaban J connectivity index is 2.65. The number of aliphatic hydroxyl groups is 1. The fourth-order valence-corrected chi connectivity index (χ4v) is 2.87. The van der Waals surface area contributed by atoms with Gasteiger partial charge in [0, 0.05) is 27.2 Å². The van der Waals surface area contributed by atoms with E-state index in [2.05, 4.69) is 53.3 Å². The van der Waals surface area contributed by atoms with Gasteiger partial charge in [-0.3, -0.25) is 0 Å². The van der Waals surface area contributed by atoms with Gasteiger partial charge in [0.25, 0.3) is 0 Å². The van der Waals surface area contributed by atoms with Crippen molar-refractivity contribution < 1.29 is 5.11 Å². The molecule has 2 nitrogen and oxygen atoms in total. The summed E-state index contributed by atoms with van der Waals surface area (Å²) in [6, 6.07) is 6.85. The van der Waals surface area contributed by atoms with E-state index < -0.39 is 0 Å². The minimum absolute atomic E-state index is 0.207. The minimum atomic E-state index is 0.207. The van der Waals surface area contributed by atoms with Gasteiger partial charge in [0.15, 0.2) is 0 Å². The van der Waals surface area contributed by atoms with Crippen molar-refractivity contribution in [3.8, 4) is 0 Å². The third kappa shape index (κ3) is 5.42. The third-order valence-corrected chi connectivity index (χ3v) is 4.14. The molecule has 4 heteroatoms. The Morgan fingerprint density at radius 1 is 1.35 bits per heavy atom.